The molecule has 0 spiro atoms. The standard InChI is InChI=1S/C22H24N2O4/c1-26-18-8-6-17(7-9-18)24-12-10-23(11-13-24)14-15-27-22-16-20(25)19-4-2-3-5-21(19)28-22/h2-9,16H,10-15H2,1H3. The van der Waals surface area contributed by atoms with Gasteiger partial charge in [0.1, 0.15) is 17.9 Å². The molecule has 4 rings (SSSR count). The van der Waals surface area contributed by atoms with Gasteiger partial charge in [-0.15, -0.1) is 0 Å². The highest BCUT2D eigenvalue weighted by Gasteiger charge is 2.17. The quantitative estimate of drug-likeness (QED) is 0.655. The lowest BCUT2D eigenvalue weighted by atomic mass is 10.2. The summed E-state index contributed by atoms with van der Waals surface area (Å²) in [7, 11) is 1.68. The van der Waals surface area contributed by atoms with Crippen molar-refractivity contribution < 1.29 is 13.9 Å². The van der Waals surface area contributed by atoms with Gasteiger partial charge in [0.25, 0.3) is 5.95 Å². The first-order valence-electron chi connectivity index (χ1n) is 9.50. The fourth-order valence-corrected chi connectivity index (χ4v) is 3.45. The molecule has 0 unspecified atom stereocenters. The Hall–Kier alpha value is -2.99. The third kappa shape index (κ3) is 4.12. The lowest BCUT2D eigenvalue weighted by molar-refractivity contribution is 0.177. The summed E-state index contributed by atoms with van der Waals surface area (Å²) in [5.74, 6) is 1.15. The molecular weight excluding hydrogens is 356 g/mol. The molecule has 0 aliphatic carbocycles. The van der Waals surface area contributed by atoms with Crippen LogP contribution in [0.15, 0.2) is 63.8 Å². The molecule has 2 aromatic carbocycles. The molecule has 0 atom stereocenters. The summed E-state index contributed by atoms with van der Waals surface area (Å²) < 4.78 is 16.6. The molecule has 2 heterocycles. The van der Waals surface area contributed by atoms with Crippen molar-refractivity contribution in [2.75, 3.05) is 51.3 Å². The van der Waals surface area contributed by atoms with Crippen molar-refractivity contribution in [2.45, 2.75) is 0 Å². The molecule has 28 heavy (non-hydrogen) atoms. The summed E-state index contributed by atoms with van der Waals surface area (Å²) in [6.07, 6.45) is 0. The monoisotopic (exact) mass is 380 g/mol. The molecule has 0 bridgehead atoms. The van der Waals surface area contributed by atoms with E-state index in [-0.39, 0.29) is 11.4 Å². The van der Waals surface area contributed by atoms with E-state index in [2.05, 4.69) is 21.9 Å². The molecule has 0 saturated carbocycles. The van der Waals surface area contributed by atoms with Crippen LogP contribution >= 0.6 is 0 Å². The molecule has 1 fully saturated rings. The maximum atomic E-state index is 12.1. The van der Waals surface area contributed by atoms with Gasteiger partial charge in [-0.05, 0) is 36.4 Å². The van der Waals surface area contributed by atoms with E-state index in [1.807, 2.05) is 24.3 Å². The molecule has 3 aromatic rings. The van der Waals surface area contributed by atoms with Crippen molar-refractivity contribution in [1.29, 1.82) is 0 Å². The first-order valence-corrected chi connectivity index (χ1v) is 9.50. The van der Waals surface area contributed by atoms with Crippen molar-refractivity contribution in [3.05, 3.63) is 64.8 Å². The summed E-state index contributed by atoms with van der Waals surface area (Å²) in [5, 5.41) is 0.574. The van der Waals surface area contributed by atoms with E-state index < -0.39 is 0 Å². The van der Waals surface area contributed by atoms with Crippen LogP contribution in [0.3, 0.4) is 0 Å². The maximum absolute atomic E-state index is 12.1. The van der Waals surface area contributed by atoms with Gasteiger partial charge in [-0.3, -0.25) is 9.69 Å². The van der Waals surface area contributed by atoms with Crippen LogP contribution < -0.4 is 19.8 Å². The molecular formula is C22H24N2O4. The van der Waals surface area contributed by atoms with E-state index in [1.54, 1.807) is 19.2 Å². The Bertz CT molecular complexity index is 976. The van der Waals surface area contributed by atoms with E-state index >= 15 is 0 Å². The second-order valence-electron chi connectivity index (χ2n) is 6.80. The minimum absolute atomic E-state index is 0.0787. The number of anilines is 1. The van der Waals surface area contributed by atoms with E-state index in [0.29, 0.717) is 17.6 Å². The molecule has 1 aliphatic rings. The first kappa shape index (κ1) is 18.4. The second kappa shape index (κ2) is 8.35. The summed E-state index contributed by atoms with van der Waals surface area (Å²) in [5.41, 5.74) is 1.69. The highest BCUT2D eigenvalue weighted by atomic mass is 16.6. The van der Waals surface area contributed by atoms with Gasteiger partial charge in [0.15, 0.2) is 5.43 Å². The SMILES string of the molecule is COc1ccc(N2CCN(CCOc3cc(=O)c4ccccc4o3)CC2)cc1. The Morgan fingerprint density at radius 3 is 2.50 bits per heavy atom. The lowest BCUT2D eigenvalue weighted by Gasteiger charge is -2.36. The Morgan fingerprint density at radius 2 is 1.75 bits per heavy atom. The first-order chi connectivity index (χ1) is 13.7. The van der Waals surface area contributed by atoms with Gasteiger partial charge >= 0.3 is 0 Å². The lowest BCUT2D eigenvalue weighted by Crippen LogP contribution is -2.47. The van der Waals surface area contributed by atoms with Crippen molar-refractivity contribution >= 4 is 16.7 Å². The van der Waals surface area contributed by atoms with Crippen molar-refractivity contribution in [2.24, 2.45) is 0 Å². The van der Waals surface area contributed by atoms with Crippen molar-refractivity contribution in [1.82, 2.24) is 4.90 Å². The number of benzene rings is 2. The van der Waals surface area contributed by atoms with Crippen LogP contribution in [0, 0.1) is 0 Å². The minimum Gasteiger partial charge on any atom is -0.497 e. The van der Waals surface area contributed by atoms with Gasteiger partial charge in [0.05, 0.1) is 18.6 Å². The zero-order valence-electron chi connectivity index (χ0n) is 16.0. The van der Waals surface area contributed by atoms with E-state index in [1.165, 1.54) is 11.8 Å². The molecule has 1 aliphatic heterocycles. The Morgan fingerprint density at radius 1 is 1.00 bits per heavy atom. The summed E-state index contributed by atoms with van der Waals surface area (Å²) >= 11 is 0. The van der Waals surface area contributed by atoms with Gasteiger partial charge in [0.2, 0.25) is 0 Å². The molecule has 6 heteroatoms. The number of ether oxygens (including phenoxy) is 2. The number of methoxy groups -OCH3 is 1. The topological polar surface area (TPSA) is 55.2 Å². The maximum Gasteiger partial charge on any atom is 0.288 e. The number of para-hydroxylation sites is 1. The number of piperazine rings is 1. The number of nitrogens with zero attached hydrogens (tertiary/aromatic N) is 2. The molecule has 1 aromatic heterocycles. The van der Waals surface area contributed by atoms with Crippen LogP contribution in [-0.4, -0.2) is 51.3 Å². The highest BCUT2D eigenvalue weighted by molar-refractivity contribution is 5.76. The molecule has 1 saturated heterocycles. The van der Waals surface area contributed by atoms with Crippen molar-refractivity contribution in [3.63, 3.8) is 0 Å². The normalized spacial score (nSPS) is 15.0. The van der Waals surface area contributed by atoms with E-state index in [9.17, 15) is 4.79 Å². The molecule has 0 amide bonds. The van der Waals surface area contributed by atoms with Crippen molar-refractivity contribution in [3.8, 4) is 11.7 Å². The number of fused-ring (bicyclic) bond motifs is 1. The zero-order chi connectivity index (χ0) is 19.3. The third-order valence-electron chi connectivity index (χ3n) is 5.07. The van der Waals surface area contributed by atoms with Crippen LogP contribution in [-0.2, 0) is 0 Å². The Balaban J connectivity index is 1.27. The van der Waals surface area contributed by atoms with Crippen LogP contribution in [0.4, 0.5) is 5.69 Å². The average Bonchev–Trinajstić information content (AvgIpc) is 2.74. The van der Waals surface area contributed by atoms with Gasteiger partial charge in [-0.1, -0.05) is 12.1 Å². The smallest absolute Gasteiger partial charge is 0.288 e. The Labute approximate surface area is 163 Å². The van der Waals surface area contributed by atoms with Crippen LogP contribution in [0.1, 0.15) is 0 Å². The average molecular weight is 380 g/mol. The van der Waals surface area contributed by atoms with E-state index in [4.69, 9.17) is 13.9 Å². The molecule has 0 radical (unpaired) electrons. The van der Waals surface area contributed by atoms with Crippen LogP contribution in [0.25, 0.3) is 11.0 Å². The van der Waals surface area contributed by atoms with Gasteiger partial charge in [-0.2, -0.15) is 0 Å². The van der Waals surface area contributed by atoms with Gasteiger partial charge < -0.3 is 18.8 Å². The number of rotatable bonds is 6. The fraction of sp³-hybridized carbons (Fsp3) is 0.318. The van der Waals surface area contributed by atoms with Gasteiger partial charge in [-0.25, -0.2) is 0 Å². The minimum atomic E-state index is -0.0787. The second-order valence-corrected chi connectivity index (χ2v) is 6.80. The summed E-state index contributed by atoms with van der Waals surface area (Å²) in [6.45, 7) is 5.17. The third-order valence-corrected chi connectivity index (χ3v) is 5.07. The van der Waals surface area contributed by atoms with Crippen LogP contribution in [0.5, 0.6) is 11.7 Å². The molecule has 0 N–H and O–H groups in total. The zero-order valence-corrected chi connectivity index (χ0v) is 16.0. The highest BCUT2D eigenvalue weighted by Crippen LogP contribution is 2.21. The fourth-order valence-electron chi connectivity index (χ4n) is 3.45. The number of hydrogen-bond donors (Lipinski definition) is 0. The predicted octanol–water partition coefficient (Wildman–Crippen LogP) is 3.00. The predicted molar refractivity (Wildman–Crippen MR) is 110 cm³/mol. The Kier molecular flexibility index (Phi) is 5.48. The number of hydrogen-bond acceptors (Lipinski definition) is 6. The molecule has 6 nitrogen and oxygen atoms in total. The summed E-state index contributed by atoms with van der Waals surface area (Å²) in [6, 6.07) is 16.8. The summed E-state index contributed by atoms with van der Waals surface area (Å²) in [4.78, 5) is 16.8. The van der Waals surface area contributed by atoms with E-state index in [0.717, 1.165) is 38.5 Å². The largest absolute Gasteiger partial charge is 0.497 e. The van der Waals surface area contributed by atoms with Gasteiger partial charge in [0, 0.05) is 38.4 Å². The molecule has 146 valence electrons. The van der Waals surface area contributed by atoms with Crippen LogP contribution in [0.2, 0.25) is 0 Å².